The molecule has 1 unspecified atom stereocenters. The van der Waals surface area contributed by atoms with E-state index in [1.807, 2.05) is 0 Å². The standard InChI is InChI=1S/C13H16N2O4/c1-13(2,3)19-12(17)7-4-5-9-8(6-7)15-11(16)10(14)18-9/h4-6,10H,14H2,1-3H3,(H,15,16). The predicted molar refractivity (Wildman–Crippen MR) is 68.8 cm³/mol. The van der Waals surface area contributed by atoms with Crippen molar-refractivity contribution in [2.45, 2.75) is 32.6 Å². The molecule has 0 aromatic heterocycles. The maximum absolute atomic E-state index is 11.9. The minimum absolute atomic E-state index is 0.341. The van der Waals surface area contributed by atoms with Crippen LogP contribution in [0.5, 0.6) is 5.75 Å². The Morgan fingerprint density at radius 1 is 1.42 bits per heavy atom. The molecule has 0 spiro atoms. The van der Waals surface area contributed by atoms with Crippen LogP contribution in [-0.2, 0) is 9.53 Å². The number of benzene rings is 1. The van der Waals surface area contributed by atoms with Crippen molar-refractivity contribution in [1.29, 1.82) is 0 Å². The lowest BCUT2D eigenvalue weighted by molar-refractivity contribution is -0.123. The molecule has 0 bridgehead atoms. The monoisotopic (exact) mass is 264 g/mol. The highest BCUT2D eigenvalue weighted by molar-refractivity contribution is 5.99. The Balaban J connectivity index is 2.24. The molecule has 0 saturated carbocycles. The number of anilines is 1. The number of carbonyl (C=O) groups excluding carboxylic acids is 2. The SMILES string of the molecule is CC(C)(C)OC(=O)c1ccc2c(c1)NC(=O)C(N)O2. The van der Waals surface area contributed by atoms with E-state index in [0.717, 1.165) is 0 Å². The fraction of sp³-hybridized carbons (Fsp3) is 0.385. The molecule has 0 aliphatic carbocycles. The molecule has 0 saturated heterocycles. The summed E-state index contributed by atoms with van der Waals surface area (Å²) in [5.41, 5.74) is 5.63. The van der Waals surface area contributed by atoms with Crippen LogP contribution >= 0.6 is 0 Å². The lowest BCUT2D eigenvalue weighted by Gasteiger charge is -2.24. The normalized spacial score (nSPS) is 18.1. The second-order valence-electron chi connectivity index (χ2n) is 5.24. The lowest BCUT2D eigenvalue weighted by Crippen LogP contribution is -2.43. The molecule has 1 aliphatic heterocycles. The van der Waals surface area contributed by atoms with E-state index in [-0.39, 0.29) is 0 Å². The quantitative estimate of drug-likeness (QED) is 0.745. The van der Waals surface area contributed by atoms with Crippen LogP contribution in [-0.4, -0.2) is 23.7 Å². The van der Waals surface area contributed by atoms with E-state index < -0.39 is 23.7 Å². The van der Waals surface area contributed by atoms with Crippen molar-refractivity contribution in [1.82, 2.24) is 0 Å². The zero-order chi connectivity index (χ0) is 14.2. The molecule has 6 nitrogen and oxygen atoms in total. The smallest absolute Gasteiger partial charge is 0.338 e. The largest absolute Gasteiger partial charge is 0.464 e. The molecule has 2 rings (SSSR count). The summed E-state index contributed by atoms with van der Waals surface area (Å²) >= 11 is 0. The maximum Gasteiger partial charge on any atom is 0.338 e. The number of esters is 1. The Hall–Kier alpha value is -2.08. The summed E-state index contributed by atoms with van der Waals surface area (Å²) in [5, 5.41) is 2.57. The number of fused-ring (bicyclic) bond motifs is 1. The second-order valence-corrected chi connectivity index (χ2v) is 5.24. The van der Waals surface area contributed by atoms with Crippen LogP contribution in [0.3, 0.4) is 0 Å². The first kappa shape index (κ1) is 13.4. The number of nitrogens with one attached hydrogen (secondary N) is 1. The van der Waals surface area contributed by atoms with Crippen molar-refractivity contribution in [2.24, 2.45) is 5.73 Å². The van der Waals surface area contributed by atoms with Crippen LogP contribution in [0.15, 0.2) is 18.2 Å². The van der Waals surface area contributed by atoms with Crippen molar-refractivity contribution >= 4 is 17.6 Å². The molecular formula is C13H16N2O4. The van der Waals surface area contributed by atoms with E-state index in [0.29, 0.717) is 17.0 Å². The van der Waals surface area contributed by atoms with Gasteiger partial charge in [-0.3, -0.25) is 10.5 Å². The number of rotatable bonds is 1. The first-order valence-electron chi connectivity index (χ1n) is 5.87. The van der Waals surface area contributed by atoms with E-state index >= 15 is 0 Å². The van der Waals surface area contributed by atoms with Crippen LogP contribution in [0.25, 0.3) is 0 Å². The van der Waals surface area contributed by atoms with Crippen LogP contribution in [0.4, 0.5) is 5.69 Å². The van der Waals surface area contributed by atoms with Crippen LogP contribution in [0, 0.1) is 0 Å². The first-order valence-corrected chi connectivity index (χ1v) is 5.87. The Morgan fingerprint density at radius 3 is 2.74 bits per heavy atom. The van der Waals surface area contributed by atoms with E-state index in [2.05, 4.69) is 5.32 Å². The average molecular weight is 264 g/mol. The maximum atomic E-state index is 11.9. The molecule has 1 aromatic rings. The van der Waals surface area contributed by atoms with Gasteiger partial charge in [-0.1, -0.05) is 0 Å². The number of amides is 1. The summed E-state index contributed by atoms with van der Waals surface area (Å²) in [5.74, 6) is -0.479. The lowest BCUT2D eigenvalue weighted by atomic mass is 10.1. The summed E-state index contributed by atoms with van der Waals surface area (Å²) in [6.45, 7) is 5.35. The third-order valence-corrected chi connectivity index (χ3v) is 2.38. The van der Waals surface area contributed by atoms with E-state index in [4.69, 9.17) is 15.2 Å². The summed E-state index contributed by atoms with van der Waals surface area (Å²) in [4.78, 5) is 23.3. The molecule has 1 amide bonds. The van der Waals surface area contributed by atoms with Gasteiger partial charge >= 0.3 is 5.97 Å². The fourth-order valence-corrected chi connectivity index (χ4v) is 1.59. The Kier molecular flexibility index (Phi) is 3.20. The van der Waals surface area contributed by atoms with E-state index in [9.17, 15) is 9.59 Å². The summed E-state index contributed by atoms with van der Waals surface area (Å²) < 4.78 is 10.4. The van der Waals surface area contributed by atoms with Gasteiger partial charge in [0.1, 0.15) is 11.4 Å². The van der Waals surface area contributed by atoms with Gasteiger partial charge in [0.15, 0.2) is 0 Å². The summed E-state index contributed by atoms with van der Waals surface area (Å²) in [6.07, 6.45) is -1.03. The van der Waals surface area contributed by atoms with Crippen molar-refractivity contribution in [3.63, 3.8) is 0 Å². The average Bonchev–Trinajstić information content (AvgIpc) is 2.27. The zero-order valence-electron chi connectivity index (χ0n) is 11.0. The molecule has 0 fully saturated rings. The van der Waals surface area contributed by atoms with Gasteiger partial charge in [-0.2, -0.15) is 0 Å². The van der Waals surface area contributed by atoms with Gasteiger partial charge in [0, 0.05) is 0 Å². The van der Waals surface area contributed by atoms with E-state index in [1.54, 1.807) is 32.9 Å². The minimum atomic E-state index is -1.03. The summed E-state index contributed by atoms with van der Waals surface area (Å²) in [6, 6.07) is 4.65. The topological polar surface area (TPSA) is 90.7 Å². The number of ether oxygens (including phenoxy) is 2. The molecule has 6 heteroatoms. The molecule has 1 atom stereocenters. The molecule has 0 radical (unpaired) electrons. The Morgan fingerprint density at radius 2 is 2.11 bits per heavy atom. The minimum Gasteiger partial charge on any atom is -0.464 e. The number of hydrogen-bond acceptors (Lipinski definition) is 5. The van der Waals surface area contributed by atoms with E-state index in [1.165, 1.54) is 6.07 Å². The van der Waals surface area contributed by atoms with Gasteiger partial charge in [-0.15, -0.1) is 0 Å². The van der Waals surface area contributed by atoms with Gasteiger partial charge < -0.3 is 14.8 Å². The van der Waals surface area contributed by atoms with Gasteiger partial charge in [0.25, 0.3) is 5.91 Å². The molecule has 19 heavy (non-hydrogen) atoms. The third-order valence-electron chi connectivity index (χ3n) is 2.38. The second kappa shape index (κ2) is 4.55. The van der Waals surface area contributed by atoms with Crippen molar-refractivity contribution in [2.75, 3.05) is 5.32 Å². The highest BCUT2D eigenvalue weighted by atomic mass is 16.6. The van der Waals surface area contributed by atoms with Gasteiger partial charge in [-0.25, -0.2) is 4.79 Å². The molecule has 1 heterocycles. The zero-order valence-corrected chi connectivity index (χ0v) is 11.0. The molecular weight excluding hydrogens is 248 g/mol. The van der Waals surface area contributed by atoms with Crippen LogP contribution in [0.1, 0.15) is 31.1 Å². The Bertz CT molecular complexity index is 534. The number of hydrogen-bond donors (Lipinski definition) is 2. The molecule has 102 valence electrons. The molecule has 3 N–H and O–H groups in total. The fourth-order valence-electron chi connectivity index (χ4n) is 1.59. The van der Waals surface area contributed by atoms with Gasteiger partial charge in [-0.05, 0) is 39.0 Å². The number of carbonyl (C=O) groups is 2. The summed E-state index contributed by atoms with van der Waals surface area (Å²) in [7, 11) is 0. The first-order chi connectivity index (χ1) is 8.76. The van der Waals surface area contributed by atoms with Crippen molar-refractivity contribution < 1.29 is 19.1 Å². The molecule has 1 aliphatic rings. The molecule has 1 aromatic carbocycles. The highest BCUT2D eigenvalue weighted by Crippen LogP contribution is 2.30. The van der Waals surface area contributed by atoms with Crippen molar-refractivity contribution in [3.8, 4) is 5.75 Å². The number of nitrogens with two attached hydrogens (primary N) is 1. The Labute approximate surface area is 110 Å². The highest BCUT2D eigenvalue weighted by Gasteiger charge is 2.25. The van der Waals surface area contributed by atoms with Gasteiger partial charge in [0.2, 0.25) is 6.23 Å². The third kappa shape index (κ3) is 3.03. The van der Waals surface area contributed by atoms with Crippen molar-refractivity contribution in [3.05, 3.63) is 23.8 Å². The predicted octanol–water partition coefficient (Wildman–Crippen LogP) is 1.26. The van der Waals surface area contributed by atoms with Crippen LogP contribution in [0.2, 0.25) is 0 Å². The van der Waals surface area contributed by atoms with Crippen LogP contribution < -0.4 is 15.8 Å². The van der Waals surface area contributed by atoms with Gasteiger partial charge in [0.05, 0.1) is 11.3 Å².